The van der Waals surface area contributed by atoms with E-state index < -0.39 is 16.2 Å². The summed E-state index contributed by atoms with van der Waals surface area (Å²) in [6.07, 6.45) is 2.36. The minimum atomic E-state index is -3.64. The first-order valence-corrected chi connectivity index (χ1v) is 5.65. The van der Waals surface area contributed by atoms with Gasteiger partial charge in [0, 0.05) is 20.3 Å². The van der Waals surface area contributed by atoms with E-state index in [-0.39, 0.29) is 11.3 Å². The van der Waals surface area contributed by atoms with Crippen molar-refractivity contribution in [3.05, 3.63) is 24.0 Å². The van der Waals surface area contributed by atoms with Crippen LogP contribution in [0.3, 0.4) is 0 Å². The Kier molecular flexibility index (Phi) is 3.45. The molecule has 0 saturated carbocycles. The van der Waals surface area contributed by atoms with Gasteiger partial charge in [0.1, 0.15) is 0 Å². The molecule has 0 aromatic carbocycles. The Labute approximate surface area is 92.9 Å². The van der Waals surface area contributed by atoms with E-state index in [4.69, 9.17) is 5.11 Å². The quantitative estimate of drug-likeness (QED) is 0.777. The van der Waals surface area contributed by atoms with Gasteiger partial charge in [-0.1, -0.05) is 0 Å². The van der Waals surface area contributed by atoms with E-state index in [0.29, 0.717) is 0 Å². The van der Waals surface area contributed by atoms with Crippen LogP contribution in [0.25, 0.3) is 0 Å². The van der Waals surface area contributed by atoms with Gasteiger partial charge in [0.25, 0.3) is 0 Å². The average molecular weight is 245 g/mol. The summed E-state index contributed by atoms with van der Waals surface area (Å²) in [4.78, 5) is 14.2. The van der Waals surface area contributed by atoms with Gasteiger partial charge in [-0.3, -0.25) is 9.71 Å². The van der Waals surface area contributed by atoms with Gasteiger partial charge in [-0.15, -0.1) is 0 Å². The molecule has 0 aliphatic rings. The molecule has 0 aliphatic carbocycles. The highest BCUT2D eigenvalue weighted by molar-refractivity contribution is 7.90. The molecule has 1 rings (SSSR count). The lowest BCUT2D eigenvalue weighted by molar-refractivity contribution is 0.0696. The summed E-state index contributed by atoms with van der Waals surface area (Å²) in [5, 5.41) is 8.69. The minimum Gasteiger partial charge on any atom is -0.478 e. The van der Waals surface area contributed by atoms with Crippen LogP contribution in [0.5, 0.6) is 0 Å². The highest BCUT2D eigenvalue weighted by Crippen LogP contribution is 2.11. The van der Waals surface area contributed by atoms with Gasteiger partial charge in [0.05, 0.1) is 17.4 Å². The SMILES string of the molecule is CN(C)S(=O)(=O)Nc1cncc(C(=O)O)c1. The summed E-state index contributed by atoms with van der Waals surface area (Å²) in [6.45, 7) is 0. The Bertz CT molecular complexity index is 498. The first-order valence-electron chi connectivity index (χ1n) is 4.21. The Morgan fingerprint density at radius 2 is 2.06 bits per heavy atom. The van der Waals surface area contributed by atoms with E-state index in [1.807, 2.05) is 0 Å². The maximum atomic E-state index is 11.4. The van der Waals surface area contributed by atoms with E-state index in [1.54, 1.807) is 0 Å². The van der Waals surface area contributed by atoms with Crippen LogP contribution in [0.15, 0.2) is 18.5 Å². The summed E-state index contributed by atoms with van der Waals surface area (Å²) in [7, 11) is -0.927. The van der Waals surface area contributed by atoms with Crippen molar-refractivity contribution in [1.29, 1.82) is 0 Å². The minimum absolute atomic E-state index is 0.0843. The van der Waals surface area contributed by atoms with Crippen molar-refractivity contribution >= 4 is 21.9 Å². The van der Waals surface area contributed by atoms with Crippen molar-refractivity contribution in [3.8, 4) is 0 Å². The molecule has 88 valence electrons. The molecular weight excluding hydrogens is 234 g/mol. The molecule has 1 heterocycles. The number of hydrogen-bond acceptors (Lipinski definition) is 4. The second-order valence-electron chi connectivity index (χ2n) is 3.16. The number of aromatic carboxylic acids is 1. The molecule has 1 aromatic rings. The van der Waals surface area contributed by atoms with Crippen LogP contribution in [0.1, 0.15) is 10.4 Å². The number of carboxylic acids is 1. The summed E-state index contributed by atoms with van der Waals surface area (Å²) in [6, 6.07) is 1.19. The zero-order valence-corrected chi connectivity index (χ0v) is 9.52. The van der Waals surface area contributed by atoms with Crippen molar-refractivity contribution in [2.45, 2.75) is 0 Å². The van der Waals surface area contributed by atoms with Crippen LogP contribution in [0.2, 0.25) is 0 Å². The zero-order chi connectivity index (χ0) is 12.3. The van der Waals surface area contributed by atoms with Gasteiger partial charge >= 0.3 is 16.2 Å². The first kappa shape index (κ1) is 12.4. The van der Waals surface area contributed by atoms with Crippen LogP contribution < -0.4 is 4.72 Å². The molecule has 0 fully saturated rings. The topological polar surface area (TPSA) is 99.6 Å². The first-order chi connectivity index (χ1) is 7.33. The number of carboxylic acid groups (broad SMARTS) is 1. The molecule has 1 aromatic heterocycles. The molecule has 8 heteroatoms. The average Bonchev–Trinajstić information content (AvgIpc) is 2.17. The van der Waals surface area contributed by atoms with Crippen LogP contribution in [-0.2, 0) is 10.2 Å². The van der Waals surface area contributed by atoms with Crippen LogP contribution in [-0.4, -0.2) is 42.9 Å². The summed E-state index contributed by atoms with van der Waals surface area (Å²) in [5.74, 6) is -1.17. The molecule has 16 heavy (non-hydrogen) atoms. The number of rotatable bonds is 4. The maximum absolute atomic E-state index is 11.4. The van der Waals surface area contributed by atoms with Gasteiger partial charge in [-0.2, -0.15) is 12.7 Å². The number of aromatic nitrogens is 1. The Morgan fingerprint density at radius 1 is 1.44 bits per heavy atom. The van der Waals surface area contributed by atoms with Crippen molar-refractivity contribution in [2.75, 3.05) is 18.8 Å². The van der Waals surface area contributed by atoms with E-state index in [0.717, 1.165) is 10.5 Å². The second kappa shape index (κ2) is 4.45. The van der Waals surface area contributed by atoms with E-state index >= 15 is 0 Å². The third-order valence-corrected chi connectivity index (χ3v) is 3.17. The van der Waals surface area contributed by atoms with Gasteiger partial charge in [0.15, 0.2) is 0 Å². The number of hydrogen-bond donors (Lipinski definition) is 2. The Hall–Kier alpha value is -1.67. The fourth-order valence-electron chi connectivity index (χ4n) is 0.853. The molecule has 0 amide bonds. The largest absolute Gasteiger partial charge is 0.478 e. The monoisotopic (exact) mass is 245 g/mol. The van der Waals surface area contributed by atoms with Crippen molar-refractivity contribution in [1.82, 2.24) is 9.29 Å². The van der Waals surface area contributed by atoms with E-state index in [1.165, 1.54) is 26.4 Å². The summed E-state index contributed by atoms with van der Waals surface area (Å²) in [5.41, 5.74) is 0.0209. The molecule has 0 atom stereocenters. The summed E-state index contributed by atoms with van der Waals surface area (Å²) >= 11 is 0. The Balaban J connectivity index is 2.99. The molecule has 0 saturated heterocycles. The molecule has 0 aliphatic heterocycles. The molecule has 0 spiro atoms. The maximum Gasteiger partial charge on any atom is 0.337 e. The number of nitrogens with one attached hydrogen (secondary N) is 1. The standard InChI is InChI=1S/C8H11N3O4S/c1-11(2)16(14,15)10-7-3-6(8(12)13)4-9-5-7/h3-5,10H,1-2H3,(H,12,13). The van der Waals surface area contributed by atoms with Gasteiger partial charge < -0.3 is 5.11 Å². The van der Waals surface area contributed by atoms with Crippen molar-refractivity contribution < 1.29 is 18.3 Å². The van der Waals surface area contributed by atoms with E-state index in [9.17, 15) is 13.2 Å². The number of carbonyl (C=O) groups is 1. The fraction of sp³-hybridized carbons (Fsp3) is 0.250. The lowest BCUT2D eigenvalue weighted by Gasteiger charge is -2.13. The van der Waals surface area contributed by atoms with Crippen LogP contribution in [0.4, 0.5) is 5.69 Å². The molecule has 0 radical (unpaired) electrons. The van der Waals surface area contributed by atoms with Gasteiger partial charge in [-0.05, 0) is 6.07 Å². The van der Waals surface area contributed by atoms with Crippen molar-refractivity contribution in [3.63, 3.8) is 0 Å². The van der Waals surface area contributed by atoms with Crippen LogP contribution >= 0.6 is 0 Å². The lowest BCUT2D eigenvalue weighted by Crippen LogP contribution is -2.29. The third kappa shape index (κ3) is 2.91. The van der Waals surface area contributed by atoms with Gasteiger partial charge in [0.2, 0.25) is 0 Å². The number of anilines is 1. The molecule has 0 bridgehead atoms. The highest BCUT2D eigenvalue weighted by Gasteiger charge is 2.14. The number of nitrogens with zero attached hydrogens (tertiary/aromatic N) is 2. The smallest absolute Gasteiger partial charge is 0.337 e. The zero-order valence-electron chi connectivity index (χ0n) is 8.71. The molecule has 7 nitrogen and oxygen atoms in total. The van der Waals surface area contributed by atoms with Crippen molar-refractivity contribution in [2.24, 2.45) is 0 Å². The number of pyridine rings is 1. The van der Waals surface area contributed by atoms with E-state index in [2.05, 4.69) is 9.71 Å². The highest BCUT2D eigenvalue weighted by atomic mass is 32.2. The molecule has 2 N–H and O–H groups in total. The molecule has 0 unspecified atom stereocenters. The summed E-state index contributed by atoms with van der Waals surface area (Å²) < 4.78 is 26.0. The second-order valence-corrected chi connectivity index (χ2v) is 5.04. The van der Waals surface area contributed by atoms with Crippen LogP contribution in [0, 0.1) is 0 Å². The normalized spacial score (nSPS) is 11.4. The Morgan fingerprint density at radius 3 is 2.56 bits per heavy atom. The fourth-order valence-corrected chi connectivity index (χ4v) is 1.44. The third-order valence-electron chi connectivity index (χ3n) is 1.71. The lowest BCUT2D eigenvalue weighted by atomic mass is 10.3. The predicted octanol–water partition coefficient (Wildman–Crippen LogP) is -0.00190. The molecular formula is C8H11N3O4S. The predicted molar refractivity (Wildman–Crippen MR) is 57.4 cm³/mol. The van der Waals surface area contributed by atoms with Gasteiger partial charge in [-0.25, -0.2) is 4.79 Å².